The number of carbonyl (C=O) groups is 1. The Morgan fingerprint density at radius 1 is 1.32 bits per heavy atom. The first-order valence-electron chi connectivity index (χ1n) is 6.00. The van der Waals surface area contributed by atoms with Crippen LogP contribution in [0.1, 0.15) is 11.1 Å². The van der Waals surface area contributed by atoms with Crippen LogP contribution < -0.4 is 16.4 Å². The highest BCUT2D eigenvalue weighted by Gasteiger charge is 2.26. The zero-order valence-electron chi connectivity index (χ0n) is 11.1. The summed E-state index contributed by atoms with van der Waals surface area (Å²) in [5.74, 6) is -3.55. The molecule has 0 saturated heterocycles. The molecule has 4 nitrogen and oxygen atoms in total. The molecule has 0 aromatic heterocycles. The fourth-order valence-corrected chi connectivity index (χ4v) is 1.62. The van der Waals surface area contributed by atoms with Gasteiger partial charge < -0.3 is 16.4 Å². The van der Waals surface area contributed by atoms with Gasteiger partial charge in [-0.1, -0.05) is 18.2 Å². The van der Waals surface area contributed by atoms with Gasteiger partial charge in [0.2, 0.25) is 5.91 Å². The topological polar surface area (TPSA) is 67.2 Å². The molecule has 0 fully saturated rings. The molecule has 0 radical (unpaired) electrons. The third-order valence-corrected chi connectivity index (χ3v) is 2.75. The Morgan fingerprint density at radius 3 is 2.42 bits per heavy atom. The van der Waals surface area contributed by atoms with Gasteiger partial charge in [-0.05, 0) is 25.0 Å². The molecule has 1 amide bonds. The number of amides is 1. The summed E-state index contributed by atoms with van der Waals surface area (Å²) in [5, 5.41) is 5.10. The number of nitrogens with one attached hydrogen (secondary N) is 2. The molecule has 4 N–H and O–H groups in total. The molecule has 0 unspecified atom stereocenters. The van der Waals surface area contributed by atoms with Crippen LogP contribution in [0.3, 0.4) is 0 Å². The Balaban J connectivity index is 2.47. The second-order valence-electron chi connectivity index (χ2n) is 4.46. The second-order valence-corrected chi connectivity index (χ2v) is 4.46. The lowest BCUT2D eigenvalue weighted by Gasteiger charge is -2.16. The lowest BCUT2D eigenvalue weighted by molar-refractivity contribution is -0.121. The molecule has 1 rings (SSSR count). The molecular formula is C13H19F2N3O. The zero-order valence-corrected chi connectivity index (χ0v) is 11.1. The third-order valence-electron chi connectivity index (χ3n) is 2.75. The molecule has 106 valence electrons. The number of aryl methyl sites for hydroxylation is 2. The van der Waals surface area contributed by atoms with Crippen molar-refractivity contribution >= 4 is 11.6 Å². The Hall–Kier alpha value is -1.69. The predicted octanol–water partition coefficient (Wildman–Crippen LogP) is 1.43. The van der Waals surface area contributed by atoms with E-state index in [4.69, 9.17) is 5.73 Å². The summed E-state index contributed by atoms with van der Waals surface area (Å²) in [7, 11) is 0. The van der Waals surface area contributed by atoms with E-state index in [2.05, 4.69) is 10.6 Å². The highest BCUT2D eigenvalue weighted by atomic mass is 19.3. The number of hydrogen-bond donors (Lipinski definition) is 3. The molecule has 1 aromatic carbocycles. The third kappa shape index (κ3) is 4.82. The number of anilines is 1. The van der Waals surface area contributed by atoms with E-state index in [1.807, 2.05) is 32.0 Å². The number of para-hydroxylation sites is 1. The van der Waals surface area contributed by atoms with Crippen molar-refractivity contribution in [1.82, 2.24) is 5.32 Å². The first-order valence-corrected chi connectivity index (χ1v) is 6.00. The lowest BCUT2D eigenvalue weighted by atomic mass is 10.1. The van der Waals surface area contributed by atoms with E-state index in [-0.39, 0.29) is 6.54 Å². The average Bonchev–Trinajstić information content (AvgIpc) is 2.36. The number of benzene rings is 1. The van der Waals surface area contributed by atoms with Crippen LogP contribution in [-0.2, 0) is 4.79 Å². The Morgan fingerprint density at radius 2 is 1.89 bits per heavy atom. The molecule has 0 aliphatic heterocycles. The van der Waals surface area contributed by atoms with Gasteiger partial charge in [-0.15, -0.1) is 0 Å². The molecule has 0 spiro atoms. The summed E-state index contributed by atoms with van der Waals surface area (Å²) in [6.45, 7) is 2.26. The van der Waals surface area contributed by atoms with Crippen LogP contribution in [0.15, 0.2) is 18.2 Å². The summed E-state index contributed by atoms with van der Waals surface area (Å²) in [6, 6.07) is 5.74. The summed E-state index contributed by atoms with van der Waals surface area (Å²) < 4.78 is 25.7. The number of nitrogens with two attached hydrogens (primary N) is 1. The van der Waals surface area contributed by atoms with E-state index in [0.29, 0.717) is 0 Å². The average molecular weight is 271 g/mol. The molecule has 1 aromatic rings. The zero-order chi connectivity index (χ0) is 14.5. The minimum atomic E-state index is -3.06. The largest absolute Gasteiger partial charge is 0.376 e. The van der Waals surface area contributed by atoms with Gasteiger partial charge in [0.1, 0.15) is 0 Å². The van der Waals surface area contributed by atoms with Gasteiger partial charge in [0.25, 0.3) is 5.92 Å². The van der Waals surface area contributed by atoms with E-state index >= 15 is 0 Å². The smallest absolute Gasteiger partial charge is 0.277 e. The minimum Gasteiger partial charge on any atom is -0.376 e. The van der Waals surface area contributed by atoms with E-state index < -0.39 is 24.9 Å². The van der Waals surface area contributed by atoms with Gasteiger partial charge in [0.05, 0.1) is 19.6 Å². The van der Waals surface area contributed by atoms with Gasteiger partial charge in [0, 0.05) is 5.69 Å². The van der Waals surface area contributed by atoms with Crippen LogP contribution in [0.25, 0.3) is 0 Å². The molecule has 19 heavy (non-hydrogen) atoms. The first kappa shape index (κ1) is 15.4. The molecular weight excluding hydrogens is 252 g/mol. The number of alkyl halides is 2. The maximum atomic E-state index is 12.8. The van der Waals surface area contributed by atoms with Crippen LogP contribution >= 0.6 is 0 Å². The van der Waals surface area contributed by atoms with E-state index in [1.165, 1.54) is 0 Å². The van der Waals surface area contributed by atoms with Crippen molar-refractivity contribution in [2.24, 2.45) is 5.73 Å². The summed E-state index contributed by atoms with van der Waals surface area (Å²) in [5.41, 5.74) is 7.73. The van der Waals surface area contributed by atoms with E-state index in [9.17, 15) is 13.6 Å². The van der Waals surface area contributed by atoms with Crippen LogP contribution in [0.4, 0.5) is 14.5 Å². The normalized spacial score (nSPS) is 11.2. The summed E-state index contributed by atoms with van der Waals surface area (Å²) in [6.07, 6.45) is 0. The van der Waals surface area contributed by atoms with Crippen molar-refractivity contribution in [3.8, 4) is 0 Å². The maximum Gasteiger partial charge on any atom is 0.277 e. The van der Waals surface area contributed by atoms with E-state index in [0.717, 1.165) is 16.8 Å². The van der Waals surface area contributed by atoms with Crippen molar-refractivity contribution < 1.29 is 13.6 Å². The summed E-state index contributed by atoms with van der Waals surface area (Å²) in [4.78, 5) is 11.5. The van der Waals surface area contributed by atoms with Crippen molar-refractivity contribution in [3.63, 3.8) is 0 Å². The monoisotopic (exact) mass is 271 g/mol. The quantitative estimate of drug-likeness (QED) is 0.733. The van der Waals surface area contributed by atoms with Crippen molar-refractivity contribution in [2.75, 3.05) is 25.0 Å². The van der Waals surface area contributed by atoms with Gasteiger partial charge in [-0.25, -0.2) is 8.78 Å². The second kappa shape index (κ2) is 6.47. The van der Waals surface area contributed by atoms with Crippen molar-refractivity contribution in [1.29, 1.82) is 0 Å². The Kier molecular flexibility index (Phi) is 5.23. The maximum absolute atomic E-state index is 12.8. The lowest BCUT2D eigenvalue weighted by Crippen LogP contribution is -2.43. The van der Waals surface area contributed by atoms with Crippen LogP contribution in [0.2, 0.25) is 0 Å². The standard InChI is InChI=1S/C13H19F2N3O/c1-9-4-3-5-10(2)12(9)17-6-11(19)18-8-13(14,15)7-16/h3-5,17H,6-8,16H2,1-2H3,(H,18,19). The SMILES string of the molecule is Cc1cccc(C)c1NCC(=O)NCC(F)(F)CN. The van der Waals surface area contributed by atoms with E-state index in [1.54, 1.807) is 0 Å². The fourth-order valence-electron chi connectivity index (χ4n) is 1.62. The Labute approximate surface area is 111 Å². The van der Waals surface area contributed by atoms with Gasteiger partial charge in [0.15, 0.2) is 0 Å². The van der Waals surface area contributed by atoms with Crippen LogP contribution in [0, 0.1) is 13.8 Å². The molecule has 0 atom stereocenters. The van der Waals surface area contributed by atoms with Gasteiger partial charge in [-0.3, -0.25) is 4.79 Å². The molecule has 0 saturated carbocycles. The van der Waals surface area contributed by atoms with Crippen LogP contribution in [-0.4, -0.2) is 31.5 Å². The Bertz CT molecular complexity index is 429. The van der Waals surface area contributed by atoms with Gasteiger partial charge >= 0.3 is 0 Å². The first-order chi connectivity index (χ1) is 8.85. The number of carbonyl (C=O) groups excluding carboxylic acids is 1. The summed E-state index contributed by atoms with van der Waals surface area (Å²) >= 11 is 0. The fraction of sp³-hybridized carbons (Fsp3) is 0.462. The highest BCUT2D eigenvalue weighted by Crippen LogP contribution is 2.18. The minimum absolute atomic E-state index is 0.0493. The number of rotatable bonds is 6. The van der Waals surface area contributed by atoms with Gasteiger partial charge in [-0.2, -0.15) is 0 Å². The molecule has 0 bridgehead atoms. The molecule has 6 heteroatoms. The molecule has 0 aliphatic carbocycles. The highest BCUT2D eigenvalue weighted by molar-refractivity contribution is 5.81. The number of hydrogen-bond acceptors (Lipinski definition) is 3. The molecule has 0 heterocycles. The van der Waals surface area contributed by atoms with Crippen molar-refractivity contribution in [2.45, 2.75) is 19.8 Å². The van der Waals surface area contributed by atoms with Crippen LogP contribution in [0.5, 0.6) is 0 Å². The van der Waals surface area contributed by atoms with Crippen molar-refractivity contribution in [3.05, 3.63) is 29.3 Å². The predicted molar refractivity (Wildman–Crippen MR) is 71.4 cm³/mol. The molecule has 0 aliphatic rings. The number of halogens is 2.